The molecule has 1 aromatic carbocycles. The minimum atomic E-state index is -1.01. The molecule has 106 valence electrons. The number of carbonyl (C=O) groups excluding carboxylic acids is 1. The molecule has 0 radical (unpaired) electrons. The van der Waals surface area contributed by atoms with Gasteiger partial charge in [-0.25, -0.2) is 9.78 Å². The Balaban J connectivity index is 2.32. The number of hydrogen-bond donors (Lipinski definition) is 2. The fourth-order valence-corrected chi connectivity index (χ4v) is 2.81. The summed E-state index contributed by atoms with van der Waals surface area (Å²) in [6.07, 6.45) is 0.354. The molecule has 0 aliphatic rings. The molecule has 0 bridgehead atoms. The number of aliphatic carboxylic acids is 1. The van der Waals surface area contributed by atoms with Crippen LogP contribution in [0.2, 0.25) is 0 Å². The fraction of sp³-hybridized carbons (Fsp3) is 0.308. The number of nitrogens with zero attached hydrogens (tertiary/aromatic N) is 2. The van der Waals surface area contributed by atoms with Crippen LogP contribution in [-0.4, -0.2) is 40.0 Å². The van der Waals surface area contributed by atoms with Crippen LogP contribution in [0.15, 0.2) is 18.2 Å². The van der Waals surface area contributed by atoms with E-state index < -0.39 is 12.0 Å². The molecule has 1 atom stereocenters. The maximum Gasteiger partial charge on any atom is 0.326 e. The summed E-state index contributed by atoms with van der Waals surface area (Å²) in [6.45, 7) is 1.73. The first-order valence-corrected chi connectivity index (χ1v) is 6.91. The number of fused-ring (bicyclic) bond motifs is 1. The molecule has 0 aliphatic heterocycles. The Morgan fingerprint density at radius 1 is 1.50 bits per heavy atom. The Labute approximate surface area is 119 Å². The highest BCUT2D eigenvalue weighted by Crippen LogP contribution is 2.25. The highest BCUT2D eigenvalue weighted by molar-refractivity contribution is 7.22. The van der Waals surface area contributed by atoms with Gasteiger partial charge in [0.1, 0.15) is 6.04 Å². The number of carboxylic acid groups (broad SMARTS) is 1. The van der Waals surface area contributed by atoms with Crippen molar-refractivity contribution in [2.45, 2.75) is 19.4 Å². The molecule has 2 aromatic rings. The number of anilines is 1. The Hall–Kier alpha value is -2.15. The molecule has 1 amide bonds. The summed E-state index contributed by atoms with van der Waals surface area (Å²) in [5.74, 6) is -1.33. The second-order valence-electron chi connectivity index (χ2n) is 4.41. The third kappa shape index (κ3) is 2.57. The van der Waals surface area contributed by atoms with Gasteiger partial charge < -0.3 is 15.7 Å². The minimum absolute atomic E-state index is 0.326. The number of carbonyl (C=O) groups is 2. The van der Waals surface area contributed by atoms with E-state index in [2.05, 4.69) is 4.98 Å². The van der Waals surface area contributed by atoms with Gasteiger partial charge in [-0.3, -0.25) is 4.79 Å². The van der Waals surface area contributed by atoms with Crippen molar-refractivity contribution in [3.05, 3.63) is 23.8 Å². The van der Waals surface area contributed by atoms with Gasteiger partial charge in [0.2, 0.25) is 0 Å². The standard InChI is InChI=1S/C13H15N3O3S/c1-3-9(12(18)19)16(2)11(17)7-4-5-8-10(6-7)20-13(14)15-8/h4-6,9H,3H2,1-2H3,(H2,14,15)(H,18,19). The van der Waals surface area contributed by atoms with Crippen molar-refractivity contribution in [1.82, 2.24) is 9.88 Å². The van der Waals surface area contributed by atoms with E-state index in [1.807, 2.05) is 0 Å². The Kier molecular flexibility index (Phi) is 3.89. The molecule has 1 aromatic heterocycles. The lowest BCUT2D eigenvalue weighted by Gasteiger charge is -2.23. The van der Waals surface area contributed by atoms with Crippen molar-refractivity contribution in [3.63, 3.8) is 0 Å². The zero-order valence-corrected chi connectivity index (χ0v) is 12.0. The highest BCUT2D eigenvalue weighted by atomic mass is 32.1. The summed E-state index contributed by atoms with van der Waals surface area (Å²) in [5.41, 5.74) is 6.79. The van der Waals surface area contributed by atoms with Crippen molar-refractivity contribution >= 4 is 38.6 Å². The van der Waals surface area contributed by atoms with Crippen LogP contribution in [0.4, 0.5) is 5.13 Å². The molecule has 20 heavy (non-hydrogen) atoms. The SMILES string of the molecule is CCC(C(=O)O)N(C)C(=O)c1ccc2nc(N)sc2c1. The molecule has 0 saturated heterocycles. The van der Waals surface area contributed by atoms with Gasteiger partial charge in [-0.2, -0.15) is 0 Å². The van der Waals surface area contributed by atoms with Crippen LogP contribution in [0, 0.1) is 0 Å². The molecular weight excluding hydrogens is 278 g/mol. The predicted octanol–water partition coefficient (Wildman–Crippen LogP) is 1.81. The van der Waals surface area contributed by atoms with Gasteiger partial charge in [-0.1, -0.05) is 18.3 Å². The highest BCUT2D eigenvalue weighted by Gasteiger charge is 2.25. The van der Waals surface area contributed by atoms with Crippen molar-refractivity contribution < 1.29 is 14.7 Å². The number of benzene rings is 1. The van der Waals surface area contributed by atoms with Gasteiger partial charge in [0.15, 0.2) is 5.13 Å². The van der Waals surface area contributed by atoms with Crippen LogP contribution in [0.25, 0.3) is 10.2 Å². The third-order valence-electron chi connectivity index (χ3n) is 3.11. The van der Waals surface area contributed by atoms with E-state index in [1.54, 1.807) is 25.1 Å². The molecule has 7 heteroatoms. The summed E-state index contributed by atoms with van der Waals surface area (Å²) < 4.78 is 0.810. The molecule has 0 fully saturated rings. The molecule has 0 saturated carbocycles. The molecule has 0 aliphatic carbocycles. The van der Waals surface area contributed by atoms with E-state index in [4.69, 9.17) is 10.8 Å². The van der Waals surface area contributed by atoms with Crippen molar-refractivity contribution in [3.8, 4) is 0 Å². The molecule has 6 nitrogen and oxygen atoms in total. The number of likely N-dealkylation sites (N-methyl/N-ethyl adjacent to an activating group) is 1. The lowest BCUT2D eigenvalue weighted by atomic mass is 10.1. The predicted molar refractivity (Wildman–Crippen MR) is 77.8 cm³/mol. The van der Waals surface area contributed by atoms with Gasteiger partial charge in [-0.15, -0.1) is 0 Å². The third-order valence-corrected chi connectivity index (χ3v) is 3.96. The van der Waals surface area contributed by atoms with Crippen molar-refractivity contribution in [1.29, 1.82) is 0 Å². The van der Waals surface area contributed by atoms with E-state index in [9.17, 15) is 9.59 Å². The van der Waals surface area contributed by atoms with E-state index >= 15 is 0 Å². The van der Waals surface area contributed by atoms with Gasteiger partial charge in [0.25, 0.3) is 5.91 Å². The lowest BCUT2D eigenvalue weighted by molar-refractivity contribution is -0.142. The van der Waals surface area contributed by atoms with Crippen LogP contribution in [0.3, 0.4) is 0 Å². The number of amides is 1. The van der Waals surface area contributed by atoms with Crippen LogP contribution in [0.1, 0.15) is 23.7 Å². The second-order valence-corrected chi connectivity index (χ2v) is 5.48. The van der Waals surface area contributed by atoms with Crippen LogP contribution in [-0.2, 0) is 4.79 Å². The number of nitrogen functional groups attached to an aromatic ring is 1. The van der Waals surface area contributed by atoms with Crippen LogP contribution >= 0.6 is 11.3 Å². The van der Waals surface area contributed by atoms with Gasteiger partial charge >= 0.3 is 5.97 Å². The number of carboxylic acids is 1. The Morgan fingerprint density at radius 3 is 2.80 bits per heavy atom. The summed E-state index contributed by atoms with van der Waals surface area (Å²) in [7, 11) is 1.50. The summed E-state index contributed by atoms with van der Waals surface area (Å²) in [6, 6.07) is 4.21. The average Bonchev–Trinajstić information content (AvgIpc) is 2.76. The monoisotopic (exact) mass is 293 g/mol. The number of nitrogens with two attached hydrogens (primary N) is 1. The van der Waals surface area contributed by atoms with E-state index in [0.29, 0.717) is 17.1 Å². The molecule has 3 N–H and O–H groups in total. The maximum absolute atomic E-state index is 12.3. The number of rotatable bonds is 4. The summed E-state index contributed by atoms with van der Waals surface area (Å²) in [5, 5.41) is 9.54. The second kappa shape index (κ2) is 5.46. The molecule has 1 heterocycles. The van der Waals surface area contributed by atoms with Crippen molar-refractivity contribution in [2.75, 3.05) is 12.8 Å². The minimum Gasteiger partial charge on any atom is -0.480 e. The van der Waals surface area contributed by atoms with E-state index in [-0.39, 0.29) is 5.91 Å². The first-order valence-electron chi connectivity index (χ1n) is 6.10. The number of aromatic nitrogens is 1. The lowest BCUT2D eigenvalue weighted by Crippen LogP contribution is -2.41. The van der Waals surface area contributed by atoms with Gasteiger partial charge in [-0.05, 0) is 24.6 Å². The Bertz CT molecular complexity index is 668. The van der Waals surface area contributed by atoms with E-state index in [0.717, 1.165) is 10.2 Å². The quantitative estimate of drug-likeness (QED) is 0.896. The first-order chi connectivity index (χ1) is 9.43. The van der Waals surface area contributed by atoms with Crippen molar-refractivity contribution in [2.24, 2.45) is 0 Å². The summed E-state index contributed by atoms with van der Waals surface area (Å²) >= 11 is 1.30. The number of hydrogen-bond acceptors (Lipinski definition) is 5. The zero-order chi connectivity index (χ0) is 14.9. The molecular formula is C13H15N3O3S. The molecule has 0 spiro atoms. The fourth-order valence-electron chi connectivity index (χ4n) is 2.03. The topological polar surface area (TPSA) is 96.5 Å². The van der Waals surface area contributed by atoms with E-state index in [1.165, 1.54) is 23.3 Å². The molecule has 2 rings (SSSR count). The maximum atomic E-state index is 12.3. The largest absolute Gasteiger partial charge is 0.480 e. The smallest absolute Gasteiger partial charge is 0.326 e. The zero-order valence-electron chi connectivity index (χ0n) is 11.2. The summed E-state index contributed by atoms with van der Waals surface area (Å²) in [4.78, 5) is 28.8. The van der Waals surface area contributed by atoms with Crippen LogP contribution in [0.5, 0.6) is 0 Å². The first kappa shape index (κ1) is 14.3. The van der Waals surface area contributed by atoms with Crippen LogP contribution < -0.4 is 5.73 Å². The normalized spacial score (nSPS) is 12.3. The van der Waals surface area contributed by atoms with Gasteiger partial charge in [0, 0.05) is 12.6 Å². The van der Waals surface area contributed by atoms with Gasteiger partial charge in [0.05, 0.1) is 10.2 Å². The molecule has 1 unspecified atom stereocenters. The number of thiazole rings is 1. The average molecular weight is 293 g/mol. The Morgan fingerprint density at radius 2 is 2.20 bits per heavy atom.